The molecule has 3 heterocycles. The lowest BCUT2D eigenvalue weighted by Crippen LogP contribution is -2.51. The van der Waals surface area contributed by atoms with Gasteiger partial charge in [0.2, 0.25) is 10.2 Å². The first-order valence-corrected chi connectivity index (χ1v) is 11.4. The fraction of sp³-hybridized carbons (Fsp3) is 0.263. The van der Waals surface area contributed by atoms with Crippen molar-refractivity contribution in [1.29, 1.82) is 0 Å². The van der Waals surface area contributed by atoms with Crippen LogP contribution in [0.3, 0.4) is 0 Å². The van der Waals surface area contributed by atoms with Crippen LogP contribution in [0, 0.1) is 0 Å². The molecule has 0 spiro atoms. The Morgan fingerprint density at radius 3 is 2.55 bits per heavy atom. The zero-order chi connectivity index (χ0) is 20.3. The summed E-state index contributed by atoms with van der Waals surface area (Å²) in [7, 11) is -1.79. The third kappa shape index (κ3) is 4.40. The van der Waals surface area contributed by atoms with Crippen molar-refractivity contribution < 1.29 is 13.5 Å². The molecule has 0 amide bonds. The summed E-state index contributed by atoms with van der Waals surface area (Å²) in [6.45, 7) is 1.88. The SMILES string of the molecule is COc1ccc(Nc2ccnc(N3CCN([S+](=O)([O-])c4cccs4)CC3)n2)cc1. The van der Waals surface area contributed by atoms with E-state index in [9.17, 15) is 8.76 Å². The zero-order valence-electron chi connectivity index (χ0n) is 15.9. The van der Waals surface area contributed by atoms with Crippen LogP contribution in [-0.4, -0.2) is 52.1 Å². The van der Waals surface area contributed by atoms with Crippen LogP contribution in [0.15, 0.2) is 58.3 Å². The van der Waals surface area contributed by atoms with Gasteiger partial charge in [-0.15, -0.1) is 4.31 Å². The molecule has 2 aromatic heterocycles. The number of hydrogen-bond acceptors (Lipinski definition) is 8. The monoisotopic (exact) mass is 431 g/mol. The highest BCUT2D eigenvalue weighted by molar-refractivity contribution is 7.97. The van der Waals surface area contributed by atoms with Crippen molar-refractivity contribution in [3.8, 4) is 5.75 Å². The van der Waals surface area contributed by atoms with Crippen molar-refractivity contribution in [3.63, 3.8) is 0 Å². The fourth-order valence-corrected chi connectivity index (χ4v) is 5.63. The fourth-order valence-electron chi connectivity index (χ4n) is 3.06. The second-order valence-electron chi connectivity index (χ2n) is 6.42. The third-order valence-corrected chi connectivity index (χ3v) is 7.89. The number of sulfonamides is 1. The van der Waals surface area contributed by atoms with Crippen molar-refractivity contribution in [2.24, 2.45) is 0 Å². The van der Waals surface area contributed by atoms with Crippen molar-refractivity contribution in [1.82, 2.24) is 14.3 Å². The Labute approximate surface area is 174 Å². The molecule has 0 saturated carbocycles. The first-order valence-electron chi connectivity index (χ1n) is 9.09. The molecule has 8 nitrogen and oxygen atoms in total. The number of ether oxygens (including phenoxy) is 1. The molecule has 3 aromatic rings. The summed E-state index contributed by atoms with van der Waals surface area (Å²) in [6, 6.07) is 12.8. The molecular weight excluding hydrogens is 410 g/mol. The van der Waals surface area contributed by atoms with Crippen LogP contribution in [0.25, 0.3) is 0 Å². The molecule has 10 heteroatoms. The lowest BCUT2D eigenvalue weighted by Gasteiger charge is -2.35. The molecule has 1 fully saturated rings. The number of hydrogen-bond donors (Lipinski definition) is 1. The maximum Gasteiger partial charge on any atom is 0.229 e. The van der Waals surface area contributed by atoms with Gasteiger partial charge in [-0.25, -0.2) is 4.98 Å². The van der Waals surface area contributed by atoms with Gasteiger partial charge in [-0.3, -0.25) is 0 Å². The highest BCUT2D eigenvalue weighted by atomic mass is 32.3. The molecule has 0 radical (unpaired) electrons. The molecule has 152 valence electrons. The molecule has 0 aliphatic carbocycles. The normalized spacial score (nSPS) is 17.0. The van der Waals surface area contributed by atoms with Crippen molar-refractivity contribution in [2.75, 3.05) is 43.5 Å². The molecule has 1 saturated heterocycles. The number of thiophene rings is 1. The van der Waals surface area contributed by atoms with Crippen LogP contribution >= 0.6 is 11.3 Å². The Hall–Kier alpha value is -2.53. The molecule has 0 bridgehead atoms. The van der Waals surface area contributed by atoms with E-state index in [0.717, 1.165) is 11.4 Å². The van der Waals surface area contributed by atoms with E-state index in [1.54, 1.807) is 36.9 Å². The lowest BCUT2D eigenvalue weighted by molar-refractivity contribution is 0.338. The number of methoxy groups -OCH3 is 1. The van der Waals surface area contributed by atoms with Crippen LogP contribution in [-0.2, 0) is 14.6 Å². The van der Waals surface area contributed by atoms with Crippen LogP contribution < -0.4 is 15.0 Å². The average molecular weight is 432 g/mol. The maximum atomic E-state index is 12.7. The molecule has 1 atom stereocenters. The van der Waals surface area contributed by atoms with Crippen molar-refractivity contribution >= 4 is 39.2 Å². The van der Waals surface area contributed by atoms with Crippen molar-refractivity contribution in [3.05, 3.63) is 54.0 Å². The smallest absolute Gasteiger partial charge is 0.229 e. The summed E-state index contributed by atoms with van der Waals surface area (Å²) in [6.07, 6.45) is 1.70. The molecule has 1 N–H and O–H groups in total. The zero-order valence-corrected chi connectivity index (χ0v) is 17.5. The summed E-state index contributed by atoms with van der Waals surface area (Å²) >= 11 is 1.24. The van der Waals surface area contributed by atoms with Gasteiger partial charge in [-0.1, -0.05) is 15.5 Å². The topological polar surface area (TPSA) is 93.7 Å². The Balaban J connectivity index is 1.41. The third-order valence-electron chi connectivity index (χ3n) is 4.62. The van der Waals surface area contributed by atoms with E-state index in [1.165, 1.54) is 15.6 Å². The Morgan fingerprint density at radius 2 is 1.90 bits per heavy atom. The van der Waals surface area contributed by atoms with Gasteiger partial charge in [0, 0.05) is 31.0 Å². The summed E-state index contributed by atoms with van der Waals surface area (Å²) in [5, 5.41) is 5.02. The molecule has 1 unspecified atom stereocenters. The Morgan fingerprint density at radius 1 is 1.14 bits per heavy atom. The van der Waals surface area contributed by atoms with E-state index in [2.05, 4.69) is 15.3 Å². The number of nitrogens with one attached hydrogen (secondary N) is 1. The van der Waals surface area contributed by atoms with Gasteiger partial charge in [0.05, 0.1) is 20.2 Å². The van der Waals surface area contributed by atoms with E-state index in [-0.39, 0.29) is 0 Å². The van der Waals surface area contributed by atoms with Gasteiger partial charge in [0.25, 0.3) is 0 Å². The summed E-state index contributed by atoms with van der Waals surface area (Å²) < 4.78 is 32.4. The highest BCUT2D eigenvalue weighted by Gasteiger charge is 2.34. The quantitative estimate of drug-likeness (QED) is 0.600. The van der Waals surface area contributed by atoms with E-state index in [0.29, 0.717) is 42.2 Å². The minimum absolute atomic E-state index is 0.382. The highest BCUT2D eigenvalue weighted by Crippen LogP contribution is 2.27. The second-order valence-corrected chi connectivity index (χ2v) is 9.53. The van der Waals surface area contributed by atoms with Crippen molar-refractivity contribution in [2.45, 2.75) is 4.21 Å². The van der Waals surface area contributed by atoms with E-state index >= 15 is 0 Å². The van der Waals surface area contributed by atoms with Crippen LogP contribution in [0.4, 0.5) is 17.5 Å². The number of rotatable bonds is 6. The number of aromatic nitrogens is 2. The predicted octanol–water partition coefficient (Wildman–Crippen LogP) is 3.02. The standard InChI is InChI=1S/C19H21N5O3S2/c1-27-16-6-4-15(5-7-16)21-17-8-9-20-19(22-17)23-10-12-24(13-11-23)29(25,26)18-3-2-14-28-18/h2-9,14H,10-13H2,1H3,(H-,20,21,22,25,26). The molecule has 1 aliphatic heterocycles. The molecule has 1 aliphatic rings. The van der Waals surface area contributed by atoms with Gasteiger partial charge >= 0.3 is 0 Å². The van der Waals surface area contributed by atoms with Gasteiger partial charge < -0.3 is 19.5 Å². The van der Waals surface area contributed by atoms with Gasteiger partial charge in [0.1, 0.15) is 11.6 Å². The molecule has 1 aromatic carbocycles. The average Bonchev–Trinajstić information content (AvgIpc) is 3.31. The van der Waals surface area contributed by atoms with Crippen LogP contribution in [0.1, 0.15) is 0 Å². The first kappa shape index (κ1) is 19.8. The lowest BCUT2D eigenvalue weighted by atomic mass is 10.3. The number of benzene rings is 1. The Bertz CT molecular complexity index is 989. The van der Waals surface area contributed by atoms with Gasteiger partial charge in [-0.05, 0) is 41.8 Å². The minimum Gasteiger partial charge on any atom is -0.592 e. The number of anilines is 3. The number of nitrogens with zero attached hydrogens (tertiary/aromatic N) is 4. The van der Waals surface area contributed by atoms with Crippen LogP contribution in [0.5, 0.6) is 5.75 Å². The van der Waals surface area contributed by atoms with Gasteiger partial charge in [0.15, 0.2) is 10.4 Å². The predicted molar refractivity (Wildman–Crippen MR) is 114 cm³/mol. The summed E-state index contributed by atoms with van der Waals surface area (Å²) in [5.74, 6) is 2.04. The second kappa shape index (κ2) is 8.46. The van der Waals surface area contributed by atoms with Crippen LogP contribution in [0.2, 0.25) is 0 Å². The molecule has 29 heavy (non-hydrogen) atoms. The summed E-state index contributed by atoms with van der Waals surface area (Å²) in [5.41, 5.74) is 0.891. The minimum atomic E-state index is -3.42. The Kier molecular flexibility index (Phi) is 5.76. The van der Waals surface area contributed by atoms with E-state index in [4.69, 9.17) is 4.74 Å². The first-order chi connectivity index (χ1) is 14.1. The van der Waals surface area contributed by atoms with E-state index < -0.39 is 10.4 Å². The van der Waals surface area contributed by atoms with E-state index in [1.807, 2.05) is 29.2 Å². The molecule has 4 rings (SSSR count). The summed E-state index contributed by atoms with van der Waals surface area (Å²) in [4.78, 5) is 10.9. The van der Waals surface area contributed by atoms with Gasteiger partial charge in [-0.2, -0.15) is 4.98 Å². The maximum absolute atomic E-state index is 12.7. The number of piperazine rings is 1. The largest absolute Gasteiger partial charge is 0.592 e. The molecular formula is C19H21N5O3S2.